The summed E-state index contributed by atoms with van der Waals surface area (Å²) in [6, 6.07) is 7.85. The molecule has 0 spiro atoms. The quantitative estimate of drug-likeness (QED) is 0.884. The lowest BCUT2D eigenvalue weighted by Gasteiger charge is -2.05. The summed E-state index contributed by atoms with van der Waals surface area (Å²) in [5.41, 5.74) is 1.92. The zero-order chi connectivity index (χ0) is 12.1. The lowest BCUT2D eigenvalue weighted by molar-refractivity contribution is 0.415. The molecule has 0 radical (unpaired) electrons. The van der Waals surface area contributed by atoms with E-state index in [0.29, 0.717) is 0 Å². The van der Waals surface area contributed by atoms with Crippen LogP contribution in [0.4, 0.5) is 5.82 Å². The minimum Gasteiger partial charge on any atom is -0.497 e. The number of hydrogen-bond donors (Lipinski definition) is 1. The van der Waals surface area contributed by atoms with Crippen LogP contribution in [0.15, 0.2) is 24.3 Å². The average molecular weight is 249 g/mol. The fourth-order valence-electron chi connectivity index (χ4n) is 1.51. The number of nitrogens with zero attached hydrogens (tertiary/aromatic N) is 2. The third-order valence-electron chi connectivity index (χ3n) is 2.37. The SMILES string of the molecule is CCCNc1nsnc1-c1cccc(OC)c1. The first kappa shape index (κ1) is 11.9. The van der Waals surface area contributed by atoms with E-state index in [2.05, 4.69) is 21.0 Å². The van der Waals surface area contributed by atoms with Crippen molar-refractivity contribution < 1.29 is 4.74 Å². The van der Waals surface area contributed by atoms with Crippen LogP contribution in [0, 0.1) is 0 Å². The highest BCUT2D eigenvalue weighted by Gasteiger charge is 2.10. The van der Waals surface area contributed by atoms with Crippen LogP contribution in [-0.4, -0.2) is 22.4 Å². The van der Waals surface area contributed by atoms with E-state index < -0.39 is 0 Å². The fourth-order valence-corrected chi connectivity index (χ4v) is 2.05. The molecule has 0 unspecified atom stereocenters. The van der Waals surface area contributed by atoms with Crippen LogP contribution in [0.3, 0.4) is 0 Å². The molecule has 0 saturated heterocycles. The number of nitrogens with one attached hydrogen (secondary N) is 1. The van der Waals surface area contributed by atoms with E-state index in [1.807, 2.05) is 24.3 Å². The lowest BCUT2D eigenvalue weighted by atomic mass is 10.1. The van der Waals surface area contributed by atoms with Crippen molar-refractivity contribution in [2.24, 2.45) is 0 Å². The van der Waals surface area contributed by atoms with E-state index in [1.165, 1.54) is 11.7 Å². The van der Waals surface area contributed by atoms with Crippen molar-refractivity contribution >= 4 is 17.5 Å². The highest BCUT2D eigenvalue weighted by atomic mass is 32.1. The Kier molecular flexibility index (Phi) is 3.93. The van der Waals surface area contributed by atoms with Gasteiger partial charge in [-0.1, -0.05) is 19.1 Å². The van der Waals surface area contributed by atoms with Gasteiger partial charge in [-0.2, -0.15) is 8.75 Å². The fraction of sp³-hybridized carbons (Fsp3) is 0.333. The molecule has 2 aromatic rings. The number of aromatic nitrogens is 2. The minimum atomic E-state index is 0.831. The van der Waals surface area contributed by atoms with Gasteiger partial charge in [0.05, 0.1) is 18.8 Å². The van der Waals surface area contributed by atoms with Gasteiger partial charge in [-0.15, -0.1) is 0 Å². The minimum absolute atomic E-state index is 0.831. The highest BCUT2D eigenvalue weighted by molar-refractivity contribution is 6.99. The van der Waals surface area contributed by atoms with Gasteiger partial charge in [0, 0.05) is 12.1 Å². The summed E-state index contributed by atoms with van der Waals surface area (Å²) in [5.74, 6) is 1.68. The summed E-state index contributed by atoms with van der Waals surface area (Å²) in [6.45, 7) is 3.03. The second-order valence-corrected chi connectivity index (χ2v) is 4.15. The molecular formula is C12H15N3OS. The van der Waals surface area contributed by atoms with Crippen LogP contribution in [0.25, 0.3) is 11.3 Å². The Bertz CT molecular complexity index is 484. The first-order valence-corrected chi connectivity index (χ1v) is 6.29. The normalized spacial score (nSPS) is 10.2. The molecule has 0 amide bonds. The van der Waals surface area contributed by atoms with Gasteiger partial charge >= 0.3 is 0 Å². The Morgan fingerprint density at radius 3 is 3.00 bits per heavy atom. The smallest absolute Gasteiger partial charge is 0.168 e. The van der Waals surface area contributed by atoms with E-state index >= 15 is 0 Å². The van der Waals surface area contributed by atoms with Crippen molar-refractivity contribution in [1.82, 2.24) is 8.75 Å². The molecule has 1 N–H and O–H groups in total. The summed E-state index contributed by atoms with van der Waals surface area (Å²) in [6.07, 6.45) is 1.06. The zero-order valence-corrected chi connectivity index (χ0v) is 10.8. The summed E-state index contributed by atoms with van der Waals surface area (Å²) in [4.78, 5) is 0. The molecule has 0 aliphatic carbocycles. The van der Waals surface area contributed by atoms with E-state index in [9.17, 15) is 0 Å². The second-order valence-electron chi connectivity index (χ2n) is 3.62. The molecule has 17 heavy (non-hydrogen) atoms. The molecule has 0 aliphatic heterocycles. The Morgan fingerprint density at radius 1 is 1.35 bits per heavy atom. The lowest BCUT2D eigenvalue weighted by Crippen LogP contribution is -2.01. The molecule has 0 fully saturated rings. The Balaban J connectivity index is 2.28. The Labute approximate surface area is 105 Å². The number of rotatable bonds is 5. The number of hydrogen-bond acceptors (Lipinski definition) is 5. The maximum absolute atomic E-state index is 5.21. The molecule has 1 aromatic carbocycles. The molecule has 5 heteroatoms. The molecule has 2 rings (SSSR count). The number of benzene rings is 1. The van der Waals surface area contributed by atoms with Crippen LogP contribution >= 0.6 is 11.7 Å². The van der Waals surface area contributed by atoms with Gasteiger partial charge in [0.2, 0.25) is 0 Å². The van der Waals surface area contributed by atoms with Crippen molar-refractivity contribution in [2.75, 3.05) is 19.0 Å². The van der Waals surface area contributed by atoms with Crippen LogP contribution in [-0.2, 0) is 0 Å². The molecule has 4 nitrogen and oxygen atoms in total. The van der Waals surface area contributed by atoms with Gasteiger partial charge in [-0.05, 0) is 18.6 Å². The summed E-state index contributed by atoms with van der Waals surface area (Å²) < 4.78 is 13.8. The van der Waals surface area contributed by atoms with Crippen molar-refractivity contribution in [1.29, 1.82) is 0 Å². The third-order valence-corrected chi connectivity index (χ3v) is 2.90. The molecule has 0 saturated carbocycles. The molecular weight excluding hydrogens is 234 g/mol. The van der Waals surface area contributed by atoms with E-state index in [-0.39, 0.29) is 0 Å². The van der Waals surface area contributed by atoms with Crippen molar-refractivity contribution in [3.63, 3.8) is 0 Å². The third kappa shape index (κ3) is 2.74. The number of ether oxygens (including phenoxy) is 1. The monoisotopic (exact) mass is 249 g/mol. The van der Waals surface area contributed by atoms with Gasteiger partial charge < -0.3 is 10.1 Å². The van der Waals surface area contributed by atoms with Crippen LogP contribution in [0.1, 0.15) is 13.3 Å². The molecule has 0 atom stereocenters. The predicted octanol–water partition coefficient (Wildman–Crippen LogP) is 3.04. The molecule has 0 bridgehead atoms. The van der Waals surface area contributed by atoms with Crippen molar-refractivity contribution in [2.45, 2.75) is 13.3 Å². The topological polar surface area (TPSA) is 47.0 Å². The first-order chi connectivity index (χ1) is 8.35. The number of methoxy groups -OCH3 is 1. The molecule has 0 aliphatic rings. The van der Waals surface area contributed by atoms with Gasteiger partial charge in [0.15, 0.2) is 5.82 Å². The maximum atomic E-state index is 5.21. The summed E-state index contributed by atoms with van der Waals surface area (Å²) in [5, 5.41) is 3.27. The van der Waals surface area contributed by atoms with Crippen molar-refractivity contribution in [3.8, 4) is 17.0 Å². The maximum Gasteiger partial charge on any atom is 0.168 e. The van der Waals surface area contributed by atoms with Crippen LogP contribution in [0.2, 0.25) is 0 Å². The summed E-state index contributed by atoms with van der Waals surface area (Å²) >= 11 is 1.22. The van der Waals surface area contributed by atoms with Crippen molar-refractivity contribution in [3.05, 3.63) is 24.3 Å². The first-order valence-electron chi connectivity index (χ1n) is 5.56. The van der Waals surface area contributed by atoms with E-state index in [4.69, 9.17) is 4.74 Å². The van der Waals surface area contributed by atoms with Crippen LogP contribution < -0.4 is 10.1 Å². The summed E-state index contributed by atoms with van der Waals surface area (Å²) in [7, 11) is 1.66. The van der Waals surface area contributed by atoms with E-state index in [0.717, 1.165) is 35.8 Å². The molecule has 1 heterocycles. The highest BCUT2D eigenvalue weighted by Crippen LogP contribution is 2.28. The average Bonchev–Trinajstić information content (AvgIpc) is 2.84. The van der Waals surface area contributed by atoms with E-state index in [1.54, 1.807) is 7.11 Å². The standard InChI is InChI=1S/C12H15N3OS/c1-3-7-13-12-11(14-17-15-12)9-5-4-6-10(8-9)16-2/h4-6,8H,3,7H2,1-2H3,(H,13,15). The zero-order valence-electron chi connectivity index (χ0n) is 9.93. The van der Waals surface area contributed by atoms with Gasteiger partial charge in [-0.3, -0.25) is 0 Å². The number of anilines is 1. The predicted molar refractivity (Wildman–Crippen MR) is 70.7 cm³/mol. The second kappa shape index (κ2) is 5.63. The van der Waals surface area contributed by atoms with Gasteiger partial charge in [0.25, 0.3) is 0 Å². The largest absolute Gasteiger partial charge is 0.497 e. The van der Waals surface area contributed by atoms with Gasteiger partial charge in [-0.25, -0.2) is 0 Å². The Morgan fingerprint density at radius 2 is 2.24 bits per heavy atom. The Hall–Kier alpha value is -1.62. The van der Waals surface area contributed by atoms with Gasteiger partial charge in [0.1, 0.15) is 11.4 Å². The molecule has 90 valence electrons. The molecule has 1 aromatic heterocycles. The van der Waals surface area contributed by atoms with Crippen LogP contribution in [0.5, 0.6) is 5.75 Å².